The van der Waals surface area contributed by atoms with Crippen LogP contribution < -0.4 is 0 Å². The number of fused-ring (bicyclic) bond motifs is 1. The molecule has 0 unspecified atom stereocenters. The number of aromatic nitrogens is 3. The first kappa shape index (κ1) is 6.80. The highest BCUT2D eigenvalue weighted by Gasteiger charge is 2.03. The summed E-state index contributed by atoms with van der Waals surface area (Å²) in [5, 5.41) is 12.7. The van der Waals surface area contributed by atoms with E-state index in [0.717, 1.165) is 5.69 Å². The quantitative estimate of drug-likeness (QED) is 0.572. The second kappa shape index (κ2) is 2.31. The number of aryl methyl sites for hydroxylation is 1. The molecule has 0 aliphatic rings. The van der Waals surface area contributed by atoms with Crippen molar-refractivity contribution in [2.45, 2.75) is 6.92 Å². The van der Waals surface area contributed by atoms with E-state index >= 15 is 0 Å². The first-order valence-corrected chi connectivity index (χ1v) is 3.52. The second-order valence-corrected chi connectivity index (χ2v) is 2.50. The van der Waals surface area contributed by atoms with Crippen molar-refractivity contribution in [1.82, 2.24) is 14.6 Å². The average molecular weight is 158 g/mol. The number of nitriles is 1. The number of pyridine rings is 1. The minimum atomic E-state index is 0.554. The van der Waals surface area contributed by atoms with Crippen LogP contribution in [0.25, 0.3) is 5.65 Å². The van der Waals surface area contributed by atoms with Crippen LogP contribution in [0.4, 0.5) is 0 Å². The summed E-state index contributed by atoms with van der Waals surface area (Å²) < 4.78 is 1.65. The van der Waals surface area contributed by atoms with Crippen LogP contribution in [-0.2, 0) is 0 Å². The molecule has 0 aromatic carbocycles. The van der Waals surface area contributed by atoms with Crippen molar-refractivity contribution in [2.24, 2.45) is 0 Å². The summed E-state index contributed by atoms with van der Waals surface area (Å²) >= 11 is 0. The SMILES string of the molecule is Cc1ccc(C#N)c2ncnn12. The Balaban J connectivity index is 2.94. The van der Waals surface area contributed by atoms with Crippen molar-refractivity contribution in [3.05, 3.63) is 29.7 Å². The highest BCUT2D eigenvalue weighted by Crippen LogP contribution is 2.08. The molecule has 2 aromatic rings. The zero-order chi connectivity index (χ0) is 8.55. The maximum atomic E-state index is 8.71. The van der Waals surface area contributed by atoms with E-state index in [1.165, 1.54) is 6.33 Å². The third kappa shape index (κ3) is 0.768. The predicted octanol–water partition coefficient (Wildman–Crippen LogP) is 0.909. The van der Waals surface area contributed by atoms with Gasteiger partial charge in [0.15, 0.2) is 5.65 Å². The molecule has 0 atom stereocenters. The smallest absolute Gasteiger partial charge is 0.173 e. The van der Waals surface area contributed by atoms with Crippen LogP contribution >= 0.6 is 0 Å². The Kier molecular flexibility index (Phi) is 1.31. The van der Waals surface area contributed by atoms with Crippen LogP contribution in [0.3, 0.4) is 0 Å². The molecule has 0 N–H and O–H groups in total. The second-order valence-electron chi connectivity index (χ2n) is 2.50. The summed E-state index contributed by atoms with van der Waals surface area (Å²) in [5.74, 6) is 0. The molecule has 0 fully saturated rings. The molecule has 2 aromatic heterocycles. The maximum absolute atomic E-state index is 8.71. The van der Waals surface area contributed by atoms with Gasteiger partial charge in [0, 0.05) is 5.69 Å². The maximum Gasteiger partial charge on any atom is 0.173 e. The van der Waals surface area contributed by atoms with Crippen molar-refractivity contribution >= 4 is 5.65 Å². The monoisotopic (exact) mass is 158 g/mol. The van der Waals surface area contributed by atoms with Crippen molar-refractivity contribution in [3.8, 4) is 6.07 Å². The third-order valence-electron chi connectivity index (χ3n) is 1.73. The minimum absolute atomic E-state index is 0.554. The Morgan fingerprint density at radius 3 is 3.08 bits per heavy atom. The molecule has 0 aliphatic carbocycles. The molecular weight excluding hydrogens is 152 g/mol. The van der Waals surface area contributed by atoms with Gasteiger partial charge in [0.1, 0.15) is 12.4 Å². The first-order valence-electron chi connectivity index (χ1n) is 3.52. The summed E-state index contributed by atoms with van der Waals surface area (Å²) in [6.07, 6.45) is 1.45. The van der Waals surface area contributed by atoms with Crippen molar-refractivity contribution in [3.63, 3.8) is 0 Å². The Bertz CT molecular complexity index is 463. The summed E-state index contributed by atoms with van der Waals surface area (Å²) in [7, 11) is 0. The van der Waals surface area contributed by atoms with E-state index < -0.39 is 0 Å². The number of hydrogen-bond acceptors (Lipinski definition) is 3. The lowest BCUT2D eigenvalue weighted by molar-refractivity contribution is 0.913. The van der Waals surface area contributed by atoms with Crippen molar-refractivity contribution in [1.29, 1.82) is 5.26 Å². The molecule has 4 heteroatoms. The molecule has 0 radical (unpaired) electrons. The van der Waals surface area contributed by atoms with E-state index in [2.05, 4.69) is 16.2 Å². The van der Waals surface area contributed by atoms with E-state index in [1.807, 2.05) is 13.0 Å². The number of rotatable bonds is 0. The molecule has 12 heavy (non-hydrogen) atoms. The van der Waals surface area contributed by atoms with E-state index in [9.17, 15) is 0 Å². The van der Waals surface area contributed by atoms with Gasteiger partial charge in [-0.25, -0.2) is 9.50 Å². The molecule has 0 saturated carbocycles. The summed E-state index contributed by atoms with van der Waals surface area (Å²) in [4.78, 5) is 3.98. The van der Waals surface area contributed by atoms with Crippen LogP contribution in [0.2, 0.25) is 0 Å². The zero-order valence-corrected chi connectivity index (χ0v) is 6.52. The van der Waals surface area contributed by atoms with E-state index in [4.69, 9.17) is 5.26 Å². The minimum Gasteiger partial charge on any atom is -0.217 e. The van der Waals surface area contributed by atoms with Crippen molar-refractivity contribution < 1.29 is 0 Å². The van der Waals surface area contributed by atoms with Crippen molar-refractivity contribution in [2.75, 3.05) is 0 Å². The molecule has 0 aliphatic heterocycles. The topological polar surface area (TPSA) is 54.0 Å². The zero-order valence-electron chi connectivity index (χ0n) is 6.52. The predicted molar refractivity (Wildman–Crippen MR) is 42.4 cm³/mol. The Morgan fingerprint density at radius 2 is 2.33 bits per heavy atom. The first-order chi connectivity index (χ1) is 5.83. The van der Waals surface area contributed by atoms with Gasteiger partial charge >= 0.3 is 0 Å². The van der Waals surface area contributed by atoms with Crippen LogP contribution in [-0.4, -0.2) is 14.6 Å². The van der Waals surface area contributed by atoms with Crippen LogP contribution in [0.5, 0.6) is 0 Å². The lowest BCUT2D eigenvalue weighted by atomic mass is 10.2. The molecule has 4 nitrogen and oxygen atoms in total. The normalized spacial score (nSPS) is 10.0. The van der Waals surface area contributed by atoms with Crippen LogP contribution in [0, 0.1) is 18.3 Å². The van der Waals surface area contributed by atoms with Gasteiger partial charge < -0.3 is 0 Å². The summed E-state index contributed by atoms with van der Waals surface area (Å²) in [6.45, 7) is 1.92. The summed E-state index contributed by atoms with van der Waals surface area (Å²) in [5.41, 5.74) is 2.15. The average Bonchev–Trinajstić information content (AvgIpc) is 2.54. The van der Waals surface area contributed by atoms with Gasteiger partial charge in [-0.15, -0.1) is 0 Å². The van der Waals surface area contributed by atoms with Crippen LogP contribution in [0.1, 0.15) is 11.3 Å². The molecule has 58 valence electrons. The lowest BCUT2D eigenvalue weighted by Crippen LogP contribution is -1.94. The van der Waals surface area contributed by atoms with Gasteiger partial charge in [0.2, 0.25) is 0 Å². The Labute approximate surface area is 69.1 Å². The third-order valence-corrected chi connectivity index (χ3v) is 1.73. The molecule has 2 rings (SSSR count). The molecule has 2 heterocycles. The van der Waals surface area contributed by atoms with Gasteiger partial charge in [-0.3, -0.25) is 0 Å². The van der Waals surface area contributed by atoms with Gasteiger partial charge in [0.05, 0.1) is 5.56 Å². The van der Waals surface area contributed by atoms with E-state index in [-0.39, 0.29) is 0 Å². The van der Waals surface area contributed by atoms with E-state index in [0.29, 0.717) is 11.2 Å². The largest absolute Gasteiger partial charge is 0.217 e. The number of hydrogen-bond donors (Lipinski definition) is 0. The summed E-state index contributed by atoms with van der Waals surface area (Å²) in [6, 6.07) is 5.66. The van der Waals surface area contributed by atoms with Gasteiger partial charge in [0.25, 0.3) is 0 Å². The van der Waals surface area contributed by atoms with E-state index in [1.54, 1.807) is 10.6 Å². The van der Waals surface area contributed by atoms with Gasteiger partial charge in [-0.1, -0.05) is 0 Å². The van der Waals surface area contributed by atoms with Crippen LogP contribution in [0.15, 0.2) is 18.5 Å². The standard InChI is InChI=1S/C8H6N4/c1-6-2-3-7(4-9)8-10-5-11-12(6)8/h2-3,5H,1H3. The Hall–Kier alpha value is -1.89. The molecular formula is C8H6N4. The fraction of sp³-hybridized carbons (Fsp3) is 0.125. The molecule has 0 saturated heterocycles. The fourth-order valence-electron chi connectivity index (χ4n) is 1.12. The highest BCUT2D eigenvalue weighted by molar-refractivity contribution is 5.54. The fourth-order valence-corrected chi connectivity index (χ4v) is 1.12. The number of nitrogens with zero attached hydrogens (tertiary/aromatic N) is 4. The lowest BCUT2D eigenvalue weighted by Gasteiger charge is -1.97. The highest BCUT2D eigenvalue weighted by atomic mass is 15.3. The molecule has 0 amide bonds. The Morgan fingerprint density at radius 1 is 1.50 bits per heavy atom. The molecule has 0 spiro atoms. The van der Waals surface area contributed by atoms with Gasteiger partial charge in [-0.05, 0) is 19.1 Å². The van der Waals surface area contributed by atoms with Gasteiger partial charge in [-0.2, -0.15) is 10.4 Å². The molecule has 0 bridgehead atoms.